The Labute approximate surface area is 157 Å². The molecule has 1 heterocycles. The number of benzene rings is 1. The summed E-state index contributed by atoms with van der Waals surface area (Å²) in [5, 5.41) is 3.14. The van der Waals surface area contributed by atoms with Gasteiger partial charge in [-0.3, -0.25) is 0 Å². The van der Waals surface area contributed by atoms with Gasteiger partial charge >= 0.3 is 5.97 Å². The number of hydrogen-bond acceptors (Lipinski definition) is 4. The summed E-state index contributed by atoms with van der Waals surface area (Å²) in [6.07, 6.45) is 0. The Kier molecular flexibility index (Phi) is 6.66. The SMILES string of the molecule is CCOC(=O)C1=C(C)N([C@@H](C)COC)C(=S)N[C@@H]1c1c(F)cccc1F. The predicted octanol–water partition coefficient (Wildman–Crippen LogP) is 3.07. The summed E-state index contributed by atoms with van der Waals surface area (Å²) >= 11 is 5.39. The van der Waals surface area contributed by atoms with Crippen LogP contribution in [0.1, 0.15) is 32.4 Å². The van der Waals surface area contributed by atoms with E-state index in [0.29, 0.717) is 12.3 Å². The van der Waals surface area contributed by atoms with Crippen LogP contribution >= 0.6 is 12.2 Å². The van der Waals surface area contributed by atoms with Gasteiger partial charge in [0.05, 0.1) is 36.4 Å². The van der Waals surface area contributed by atoms with Gasteiger partial charge in [-0.05, 0) is 45.1 Å². The Bertz CT molecular complexity index is 719. The van der Waals surface area contributed by atoms with Crippen LogP contribution in [0.25, 0.3) is 0 Å². The zero-order valence-corrected chi connectivity index (χ0v) is 16.0. The number of thiocarbonyl (C=S) groups is 1. The Morgan fingerprint density at radius 2 is 2.00 bits per heavy atom. The molecule has 5 nitrogen and oxygen atoms in total. The van der Waals surface area contributed by atoms with Crippen molar-refractivity contribution in [3.63, 3.8) is 0 Å². The van der Waals surface area contributed by atoms with Crippen molar-refractivity contribution in [1.82, 2.24) is 10.2 Å². The second-order valence-electron chi connectivity index (χ2n) is 5.91. The van der Waals surface area contributed by atoms with Gasteiger partial charge in [-0.25, -0.2) is 13.6 Å². The van der Waals surface area contributed by atoms with E-state index < -0.39 is 23.6 Å². The average molecular weight is 384 g/mol. The molecule has 0 amide bonds. The fourth-order valence-corrected chi connectivity index (χ4v) is 3.51. The molecule has 26 heavy (non-hydrogen) atoms. The third kappa shape index (κ3) is 3.86. The topological polar surface area (TPSA) is 50.8 Å². The lowest BCUT2D eigenvalue weighted by Crippen LogP contribution is -2.52. The van der Waals surface area contributed by atoms with E-state index in [4.69, 9.17) is 21.7 Å². The summed E-state index contributed by atoms with van der Waals surface area (Å²) in [4.78, 5) is 14.3. The van der Waals surface area contributed by atoms with Crippen LogP contribution < -0.4 is 5.32 Å². The van der Waals surface area contributed by atoms with Crippen molar-refractivity contribution in [2.45, 2.75) is 32.9 Å². The van der Waals surface area contributed by atoms with Crippen molar-refractivity contribution in [2.75, 3.05) is 20.3 Å². The number of methoxy groups -OCH3 is 1. The van der Waals surface area contributed by atoms with Crippen LogP contribution in [0, 0.1) is 11.6 Å². The van der Waals surface area contributed by atoms with Crippen LogP contribution in [0.4, 0.5) is 8.78 Å². The molecule has 8 heteroatoms. The lowest BCUT2D eigenvalue weighted by atomic mass is 9.93. The molecule has 0 radical (unpaired) electrons. The molecule has 0 aromatic heterocycles. The fraction of sp³-hybridized carbons (Fsp3) is 0.444. The van der Waals surface area contributed by atoms with Crippen LogP contribution in [0.5, 0.6) is 0 Å². The van der Waals surface area contributed by atoms with Crippen molar-refractivity contribution in [3.05, 3.63) is 46.7 Å². The molecule has 1 aromatic carbocycles. The second-order valence-corrected chi connectivity index (χ2v) is 6.30. The molecule has 1 N–H and O–H groups in total. The number of rotatable bonds is 6. The van der Waals surface area contributed by atoms with Crippen molar-refractivity contribution in [1.29, 1.82) is 0 Å². The zero-order chi connectivity index (χ0) is 19.4. The molecule has 1 aromatic rings. The lowest BCUT2D eigenvalue weighted by molar-refractivity contribution is -0.139. The van der Waals surface area contributed by atoms with E-state index in [1.807, 2.05) is 6.92 Å². The van der Waals surface area contributed by atoms with Crippen LogP contribution in [-0.2, 0) is 14.3 Å². The van der Waals surface area contributed by atoms with Crippen LogP contribution in [-0.4, -0.2) is 42.3 Å². The van der Waals surface area contributed by atoms with Crippen molar-refractivity contribution >= 4 is 23.3 Å². The Hall–Kier alpha value is -2.06. The molecule has 142 valence electrons. The number of esters is 1. The maximum absolute atomic E-state index is 14.4. The Morgan fingerprint density at radius 1 is 1.38 bits per heavy atom. The van der Waals surface area contributed by atoms with Crippen molar-refractivity contribution in [2.24, 2.45) is 0 Å². The number of allylic oxidation sites excluding steroid dienone is 1. The maximum Gasteiger partial charge on any atom is 0.338 e. The van der Waals surface area contributed by atoms with Gasteiger partial charge in [-0.15, -0.1) is 0 Å². The number of carbonyl (C=O) groups is 1. The molecule has 1 aliphatic heterocycles. The molecule has 0 unspecified atom stereocenters. The van der Waals surface area contributed by atoms with E-state index in [1.54, 1.807) is 25.9 Å². The number of nitrogens with zero attached hydrogens (tertiary/aromatic N) is 1. The van der Waals surface area contributed by atoms with Gasteiger partial charge in [0.15, 0.2) is 5.11 Å². The average Bonchev–Trinajstić information content (AvgIpc) is 2.54. The van der Waals surface area contributed by atoms with Crippen molar-refractivity contribution in [3.8, 4) is 0 Å². The monoisotopic (exact) mass is 384 g/mol. The van der Waals surface area contributed by atoms with Crippen molar-refractivity contribution < 1.29 is 23.0 Å². The minimum atomic E-state index is -1.08. The van der Waals surface area contributed by atoms with E-state index >= 15 is 0 Å². The maximum atomic E-state index is 14.4. The number of halogens is 2. The molecule has 0 saturated heterocycles. The Balaban J connectivity index is 2.62. The van der Waals surface area contributed by atoms with Gasteiger partial charge in [0.2, 0.25) is 0 Å². The highest BCUT2D eigenvalue weighted by Crippen LogP contribution is 2.34. The largest absolute Gasteiger partial charge is 0.463 e. The molecule has 2 rings (SSSR count). The standard InChI is InChI=1S/C18H22F2N2O3S/c1-5-25-17(23)14-11(3)22(10(2)9-24-4)18(26)21-16(14)15-12(19)7-6-8-13(15)20/h6-8,10,16H,5,9H2,1-4H3,(H,21,26)/t10-,16-/m0/s1. The van der Waals surface area contributed by atoms with Gasteiger partial charge in [0.1, 0.15) is 11.6 Å². The number of nitrogens with one attached hydrogen (secondary N) is 1. The minimum absolute atomic E-state index is 0.118. The first kappa shape index (κ1) is 20.3. The summed E-state index contributed by atoms with van der Waals surface area (Å²) in [5.41, 5.74) is 0.327. The summed E-state index contributed by atoms with van der Waals surface area (Å²) in [6, 6.07) is 2.29. The summed E-state index contributed by atoms with van der Waals surface area (Å²) in [7, 11) is 1.56. The van der Waals surface area contributed by atoms with Gasteiger partial charge in [-0.1, -0.05) is 6.07 Å². The van der Waals surface area contributed by atoms with Gasteiger partial charge in [0.25, 0.3) is 0 Å². The van der Waals surface area contributed by atoms with Gasteiger partial charge in [-0.2, -0.15) is 0 Å². The van der Waals surface area contributed by atoms with Crippen LogP contribution in [0.15, 0.2) is 29.5 Å². The second kappa shape index (κ2) is 8.55. The molecule has 0 aliphatic carbocycles. The minimum Gasteiger partial charge on any atom is -0.463 e. The quantitative estimate of drug-likeness (QED) is 0.601. The molecule has 0 saturated carbocycles. The number of hydrogen-bond donors (Lipinski definition) is 1. The smallest absolute Gasteiger partial charge is 0.338 e. The molecular weight excluding hydrogens is 362 g/mol. The van der Waals surface area contributed by atoms with E-state index in [9.17, 15) is 13.6 Å². The molecular formula is C18H22F2N2O3S. The first-order valence-corrected chi connectivity index (χ1v) is 8.64. The van der Waals surface area contributed by atoms with Gasteiger partial charge < -0.3 is 19.7 Å². The first-order chi connectivity index (χ1) is 12.3. The molecule has 0 fully saturated rings. The zero-order valence-electron chi connectivity index (χ0n) is 15.1. The first-order valence-electron chi connectivity index (χ1n) is 8.23. The van der Waals surface area contributed by atoms with E-state index in [1.165, 1.54) is 6.07 Å². The number of ether oxygens (including phenoxy) is 2. The predicted molar refractivity (Wildman–Crippen MR) is 97.3 cm³/mol. The highest BCUT2D eigenvalue weighted by atomic mass is 32.1. The van der Waals surface area contributed by atoms with Gasteiger partial charge in [0, 0.05) is 12.8 Å². The summed E-state index contributed by atoms with van der Waals surface area (Å²) in [6.45, 7) is 5.71. The summed E-state index contributed by atoms with van der Waals surface area (Å²) < 4.78 is 39.0. The normalized spacial score (nSPS) is 18.6. The fourth-order valence-electron chi connectivity index (χ4n) is 3.08. The van der Waals surface area contributed by atoms with E-state index in [0.717, 1.165) is 12.1 Å². The third-order valence-corrected chi connectivity index (χ3v) is 4.47. The highest BCUT2D eigenvalue weighted by molar-refractivity contribution is 7.80. The van der Waals surface area contributed by atoms with E-state index in [2.05, 4.69) is 5.32 Å². The molecule has 1 aliphatic rings. The lowest BCUT2D eigenvalue weighted by Gasteiger charge is -2.40. The Morgan fingerprint density at radius 3 is 2.54 bits per heavy atom. The van der Waals surface area contributed by atoms with E-state index in [-0.39, 0.29) is 28.9 Å². The molecule has 0 bridgehead atoms. The van der Waals surface area contributed by atoms with Crippen LogP contribution in [0.3, 0.4) is 0 Å². The molecule has 2 atom stereocenters. The van der Waals surface area contributed by atoms with Crippen LogP contribution in [0.2, 0.25) is 0 Å². The molecule has 0 spiro atoms. The number of carbonyl (C=O) groups excluding carboxylic acids is 1. The third-order valence-electron chi connectivity index (χ3n) is 4.16. The summed E-state index contributed by atoms with van der Waals surface area (Å²) in [5.74, 6) is -2.18. The highest BCUT2D eigenvalue weighted by Gasteiger charge is 2.38.